The summed E-state index contributed by atoms with van der Waals surface area (Å²) in [6.07, 6.45) is 3.43. The van der Waals surface area contributed by atoms with Crippen LogP contribution in [0.15, 0.2) is 53.7 Å². The number of rotatable bonds is 8. The average molecular weight is 460 g/mol. The number of benzene rings is 1. The van der Waals surface area contributed by atoms with Crippen LogP contribution >= 0.6 is 0 Å². The highest BCUT2D eigenvalue weighted by molar-refractivity contribution is 7.91. The number of carbonyl (C=O) groups excluding carboxylic acids is 1. The van der Waals surface area contributed by atoms with Crippen LogP contribution in [0.4, 0.5) is 0 Å². The molecule has 0 spiro atoms. The molecule has 2 aromatic heterocycles. The van der Waals surface area contributed by atoms with Crippen LogP contribution in [-0.2, 0) is 22.1 Å². The second kappa shape index (κ2) is 8.97. The predicted molar refractivity (Wildman–Crippen MR) is 117 cm³/mol. The first-order valence-corrected chi connectivity index (χ1v) is 11.1. The quantitative estimate of drug-likeness (QED) is 0.470. The number of pyridine rings is 1. The lowest BCUT2D eigenvalue weighted by atomic mass is 9.98. The maximum atomic E-state index is 13.2. The molecule has 3 N–H and O–H groups in total. The molecule has 11 heteroatoms. The average Bonchev–Trinajstić information content (AvgIpc) is 3.25. The standard InChI is InChI=1S/C21H25N5O5S/c1-21(2,28)15-7-9-17(30-3)18(12-15)32(22,29)25-19(27)16-8-6-14(20(24-16)31-4)13-26-11-5-10-23-26/h5-12,28H,13H2,1-4H3,(H2,22,25,27,29). The Morgan fingerprint density at radius 3 is 2.59 bits per heavy atom. The van der Waals surface area contributed by atoms with Crippen LogP contribution in [0.5, 0.6) is 11.6 Å². The summed E-state index contributed by atoms with van der Waals surface area (Å²) in [4.78, 5) is 16.9. The minimum atomic E-state index is -3.83. The zero-order valence-electron chi connectivity index (χ0n) is 18.2. The van der Waals surface area contributed by atoms with E-state index in [0.717, 1.165) is 0 Å². The van der Waals surface area contributed by atoms with E-state index in [0.29, 0.717) is 17.7 Å². The molecule has 0 bridgehead atoms. The Morgan fingerprint density at radius 1 is 1.25 bits per heavy atom. The minimum Gasteiger partial charge on any atom is -0.495 e. The van der Waals surface area contributed by atoms with Crippen molar-refractivity contribution in [3.05, 3.63) is 65.6 Å². The van der Waals surface area contributed by atoms with E-state index >= 15 is 0 Å². The summed E-state index contributed by atoms with van der Waals surface area (Å²) in [6, 6.07) is 9.38. The molecule has 0 aliphatic heterocycles. The molecule has 10 nitrogen and oxygen atoms in total. The van der Waals surface area contributed by atoms with Crippen LogP contribution in [0.25, 0.3) is 0 Å². The molecule has 0 aliphatic rings. The Bertz CT molecular complexity index is 1220. The van der Waals surface area contributed by atoms with Gasteiger partial charge in [-0.25, -0.2) is 14.0 Å². The van der Waals surface area contributed by atoms with Crippen molar-refractivity contribution in [3.63, 3.8) is 0 Å². The van der Waals surface area contributed by atoms with Crippen molar-refractivity contribution >= 4 is 15.8 Å². The van der Waals surface area contributed by atoms with Gasteiger partial charge in [0.05, 0.1) is 26.4 Å². The van der Waals surface area contributed by atoms with Crippen molar-refractivity contribution in [1.29, 1.82) is 4.78 Å². The lowest BCUT2D eigenvalue weighted by Gasteiger charge is -2.21. The monoisotopic (exact) mass is 459 g/mol. The molecule has 32 heavy (non-hydrogen) atoms. The number of carbonyl (C=O) groups is 1. The second-order valence-corrected chi connectivity index (χ2v) is 9.24. The number of nitrogens with zero attached hydrogens (tertiary/aromatic N) is 3. The number of nitrogens with one attached hydrogen (secondary N) is 2. The molecule has 170 valence electrons. The highest BCUT2D eigenvalue weighted by Gasteiger charge is 2.25. The van der Waals surface area contributed by atoms with Crippen molar-refractivity contribution in [2.75, 3.05) is 14.2 Å². The summed E-state index contributed by atoms with van der Waals surface area (Å²) in [5.74, 6) is -0.450. The van der Waals surface area contributed by atoms with Gasteiger partial charge in [-0.2, -0.15) is 5.10 Å². The largest absolute Gasteiger partial charge is 0.495 e. The summed E-state index contributed by atoms with van der Waals surface area (Å²) >= 11 is 0. The molecular weight excluding hydrogens is 434 g/mol. The van der Waals surface area contributed by atoms with Crippen LogP contribution in [0.1, 0.15) is 35.5 Å². The minimum absolute atomic E-state index is 0.0600. The molecule has 1 atom stereocenters. The fraction of sp³-hybridized carbons (Fsp3) is 0.286. The smallest absolute Gasteiger partial charge is 0.282 e. The molecule has 0 saturated carbocycles. The van der Waals surface area contributed by atoms with Crippen molar-refractivity contribution in [2.24, 2.45) is 0 Å². The van der Waals surface area contributed by atoms with Crippen molar-refractivity contribution < 1.29 is 23.6 Å². The van der Waals surface area contributed by atoms with E-state index in [1.807, 2.05) is 0 Å². The van der Waals surface area contributed by atoms with E-state index in [4.69, 9.17) is 14.3 Å². The Balaban J connectivity index is 1.89. The molecule has 0 radical (unpaired) electrons. The zero-order valence-corrected chi connectivity index (χ0v) is 19.0. The lowest BCUT2D eigenvalue weighted by Crippen LogP contribution is -2.31. The Labute approximate surface area is 186 Å². The number of methoxy groups -OCH3 is 2. The summed E-state index contributed by atoms with van der Waals surface area (Å²) in [5, 5.41) is 14.4. The fourth-order valence-corrected chi connectivity index (χ4v) is 4.18. The van der Waals surface area contributed by atoms with Gasteiger partial charge in [-0.3, -0.25) is 14.2 Å². The first kappa shape index (κ1) is 23.2. The molecule has 1 amide bonds. The summed E-state index contributed by atoms with van der Waals surface area (Å²) in [5.41, 5.74) is -0.187. The number of hydrogen-bond donors (Lipinski definition) is 3. The molecule has 0 aliphatic carbocycles. The molecule has 1 unspecified atom stereocenters. The number of hydrogen-bond acceptors (Lipinski definition) is 8. The molecule has 2 heterocycles. The molecule has 1 aromatic carbocycles. The molecule has 0 fully saturated rings. The third kappa shape index (κ3) is 5.06. The first-order chi connectivity index (χ1) is 15.0. The predicted octanol–water partition coefficient (Wildman–Crippen LogP) is 2.32. The Morgan fingerprint density at radius 2 is 2.00 bits per heavy atom. The topological polar surface area (TPSA) is 139 Å². The SMILES string of the molecule is COc1ccc(C(C)(C)O)cc1S(=N)(=O)NC(=O)c1ccc(Cn2cccn2)c(OC)n1. The highest BCUT2D eigenvalue weighted by atomic mass is 32.2. The van der Waals surface area contributed by atoms with Gasteiger partial charge in [-0.05, 0) is 49.7 Å². The van der Waals surface area contributed by atoms with Gasteiger partial charge in [0.1, 0.15) is 16.3 Å². The van der Waals surface area contributed by atoms with E-state index in [2.05, 4.69) is 14.8 Å². The molecule has 3 rings (SSSR count). The summed E-state index contributed by atoms with van der Waals surface area (Å²) in [7, 11) is -1.04. The highest BCUT2D eigenvalue weighted by Crippen LogP contribution is 2.30. The van der Waals surface area contributed by atoms with Gasteiger partial charge in [0.25, 0.3) is 5.91 Å². The number of ether oxygens (including phenoxy) is 2. The molecule has 0 saturated heterocycles. The van der Waals surface area contributed by atoms with Gasteiger partial charge < -0.3 is 14.6 Å². The van der Waals surface area contributed by atoms with Crippen molar-refractivity contribution in [3.8, 4) is 11.6 Å². The maximum Gasteiger partial charge on any atom is 0.282 e. The van der Waals surface area contributed by atoms with E-state index in [-0.39, 0.29) is 22.2 Å². The normalized spacial score (nSPS) is 13.3. The van der Waals surface area contributed by atoms with Gasteiger partial charge in [-0.15, -0.1) is 0 Å². The van der Waals surface area contributed by atoms with Crippen LogP contribution < -0.4 is 14.2 Å². The maximum absolute atomic E-state index is 13.2. The van der Waals surface area contributed by atoms with Gasteiger partial charge >= 0.3 is 0 Å². The second-order valence-electron chi connectivity index (χ2n) is 7.48. The van der Waals surface area contributed by atoms with Gasteiger partial charge in [0.2, 0.25) is 5.88 Å². The first-order valence-electron chi connectivity index (χ1n) is 9.58. The van der Waals surface area contributed by atoms with E-state index in [1.54, 1.807) is 49.1 Å². The Hall–Kier alpha value is -3.44. The summed E-state index contributed by atoms with van der Waals surface area (Å²) in [6.45, 7) is 3.51. The Kier molecular flexibility index (Phi) is 6.51. The van der Waals surface area contributed by atoms with Gasteiger partial charge in [-0.1, -0.05) is 6.07 Å². The van der Waals surface area contributed by atoms with Crippen molar-refractivity contribution in [2.45, 2.75) is 30.9 Å². The van der Waals surface area contributed by atoms with Gasteiger partial charge in [0.15, 0.2) is 9.92 Å². The lowest BCUT2D eigenvalue weighted by molar-refractivity contribution is 0.0783. The molecule has 3 aromatic rings. The summed E-state index contributed by atoms with van der Waals surface area (Å²) < 4.78 is 35.9. The number of aliphatic hydroxyl groups is 1. The zero-order chi connectivity index (χ0) is 23.5. The van der Waals surface area contributed by atoms with Crippen molar-refractivity contribution in [1.82, 2.24) is 19.5 Å². The van der Waals surface area contributed by atoms with Crippen LogP contribution in [0.3, 0.4) is 0 Å². The van der Waals surface area contributed by atoms with E-state index < -0.39 is 21.4 Å². The van der Waals surface area contributed by atoms with E-state index in [1.165, 1.54) is 32.4 Å². The van der Waals surface area contributed by atoms with Crippen LogP contribution in [0.2, 0.25) is 0 Å². The van der Waals surface area contributed by atoms with E-state index in [9.17, 15) is 14.1 Å². The van der Waals surface area contributed by atoms with Gasteiger partial charge in [0, 0.05) is 18.0 Å². The number of amides is 1. The molecular formula is C21H25N5O5S. The fourth-order valence-electron chi connectivity index (χ4n) is 2.98. The van der Waals surface area contributed by atoms with Crippen LogP contribution in [-0.4, -0.2) is 44.2 Å². The third-order valence-electron chi connectivity index (χ3n) is 4.67. The third-order valence-corrected chi connectivity index (χ3v) is 6.08. The van der Waals surface area contributed by atoms with Crippen LogP contribution in [0, 0.1) is 4.78 Å². The number of aromatic nitrogens is 3.